The molecule has 1 rings (SSSR count). The second-order valence-electron chi connectivity index (χ2n) is 3.43. The van der Waals surface area contributed by atoms with Gasteiger partial charge in [-0.25, -0.2) is 10.1 Å². The summed E-state index contributed by atoms with van der Waals surface area (Å²) in [6.07, 6.45) is 1.59. The van der Waals surface area contributed by atoms with Crippen LogP contribution in [0.1, 0.15) is 12.5 Å². The molecule has 0 bridgehead atoms. The van der Waals surface area contributed by atoms with Crippen LogP contribution >= 0.6 is 7.75 Å². The Morgan fingerprint density at radius 2 is 2.12 bits per heavy atom. The first kappa shape index (κ1) is 14.4. The molecule has 0 aliphatic heterocycles. The van der Waals surface area contributed by atoms with Gasteiger partial charge in [0, 0.05) is 11.2 Å². The van der Waals surface area contributed by atoms with Gasteiger partial charge in [-0.1, -0.05) is 0 Å². The predicted molar refractivity (Wildman–Crippen MR) is 67.6 cm³/mol. The fourth-order valence-corrected chi connectivity index (χ4v) is 2.95. The smallest absolute Gasteiger partial charge is 0.413 e. The quantitative estimate of drug-likeness (QED) is 0.835. The third-order valence-corrected chi connectivity index (χ3v) is 4.16. The number of hydrogen-bond acceptors (Lipinski definition) is 4. The van der Waals surface area contributed by atoms with Crippen molar-refractivity contribution >= 4 is 18.5 Å². The molecule has 0 saturated carbocycles. The molecule has 0 heterocycles. The van der Waals surface area contributed by atoms with Gasteiger partial charge in [0.15, 0.2) is 0 Å². The summed E-state index contributed by atoms with van der Waals surface area (Å²) in [5, 5.41) is 0. The van der Waals surface area contributed by atoms with Gasteiger partial charge in [0.1, 0.15) is 5.75 Å². The number of aryl methyl sites for hydroxylation is 1. The van der Waals surface area contributed by atoms with Gasteiger partial charge in [0.2, 0.25) is 0 Å². The van der Waals surface area contributed by atoms with E-state index in [4.69, 9.17) is 14.6 Å². The largest absolute Gasteiger partial charge is 0.456 e. The van der Waals surface area contributed by atoms with Gasteiger partial charge < -0.3 is 4.52 Å². The molecule has 7 heteroatoms. The molecular formula is C10H16NO4PS. The van der Waals surface area contributed by atoms with Gasteiger partial charge in [0.05, 0.1) is 17.4 Å². The van der Waals surface area contributed by atoms with Crippen molar-refractivity contribution in [1.29, 1.82) is 0 Å². The lowest BCUT2D eigenvalue weighted by Gasteiger charge is -2.14. The molecule has 5 nitrogen and oxygen atoms in total. The Balaban J connectivity index is 2.92. The Morgan fingerprint density at radius 3 is 2.59 bits per heavy atom. The Morgan fingerprint density at radius 1 is 1.47 bits per heavy atom. The zero-order chi connectivity index (χ0) is 13.1. The van der Waals surface area contributed by atoms with Crippen LogP contribution in [0, 0.1) is 6.92 Å². The van der Waals surface area contributed by atoms with E-state index < -0.39 is 18.5 Å². The Hall–Kier alpha value is -0.680. The third kappa shape index (κ3) is 4.24. The Labute approximate surface area is 103 Å². The van der Waals surface area contributed by atoms with Crippen LogP contribution in [0.15, 0.2) is 23.1 Å². The van der Waals surface area contributed by atoms with Crippen LogP contribution in [0.4, 0.5) is 0 Å². The second-order valence-corrected chi connectivity index (χ2v) is 6.30. The van der Waals surface area contributed by atoms with Crippen molar-refractivity contribution in [1.82, 2.24) is 0 Å². The van der Waals surface area contributed by atoms with Crippen LogP contribution in [0.25, 0.3) is 0 Å². The zero-order valence-electron chi connectivity index (χ0n) is 10.0. The highest BCUT2D eigenvalue weighted by molar-refractivity contribution is 7.84. The molecular weight excluding hydrogens is 261 g/mol. The molecule has 0 aliphatic carbocycles. The summed E-state index contributed by atoms with van der Waals surface area (Å²) in [6, 6.07) is 4.87. The standard InChI is InChI=1S/C10H16NO4PS/c1-4-14-16(11,12)15-9-5-6-10(17(3)13)8(2)7-9/h5-7H,4H2,1-3H3,(H2,11,12). The monoisotopic (exact) mass is 277 g/mol. The maximum atomic E-state index is 11.6. The number of benzene rings is 1. The van der Waals surface area contributed by atoms with E-state index in [1.807, 2.05) is 0 Å². The van der Waals surface area contributed by atoms with E-state index in [1.54, 1.807) is 38.3 Å². The average molecular weight is 277 g/mol. The average Bonchev–Trinajstić information content (AvgIpc) is 2.15. The summed E-state index contributed by atoms with van der Waals surface area (Å²) in [6.45, 7) is 3.69. The van der Waals surface area contributed by atoms with Crippen LogP contribution in [0.3, 0.4) is 0 Å². The molecule has 2 unspecified atom stereocenters. The summed E-state index contributed by atoms with van der Waals surface area (Å²) < 4.78 is 32.8. The van der Waals surface area contributed by atoms with E-state index in [0.717, 1.165) is 5.56 Å². The summed E-state index contributed by atoms with van der Waals surface area (Å²) in [7, 11) is -4.61. The topological polar surface area (TPSA) is 78.6 Å². The molecule has 0 amide bonds. The van der Waals surface area contributed by atoms with Crippen LogP contribution < -0.4 is 10.0 Å². The zero-order valence-corrected chi connectivity index (χ0v) is 11.7. The predicted octanol–water partition coefficient (Wildman–Crippen LogP) is 2.21. The van der Waals surface area contributed by atoms with Crippen molar-refractivity contribution in [2.24, 2.45) is 5.50 Å². The second kappa shape index (κ2) is 5.78. The number of hydrogen-bond donors (Lipinski definition) is 1. The molecule has 1 aromatic rings. The molecule has 1 aromatic carbocycles. The lowest BCUT2D eigenvalue weighted by Crippen LogP contribution is -2.06. The van der Waals surface area contributed by atoms with Gasteiger partial charge in [-0.3, -0.25) is 8.73 Å². The summed E-state index contributed by atoms with van der Waals surface area (Å²) in [5.74, 6) is 0.344. The van der Waals surface area contributed by atoms with Gasteiger partial charge in [0.25, 0.3) is 0 Å². The van der Waals surface area contributed by atoms with Gasteiger partial charge in [-0.15, -0.1) is 0 Å². The molecule has 2 atom stereocenters. The van der Waals surface area contributed by atoms with Crippen molar-refractivity contribution in [2.45, 2.75) is 18.7 Å². The fourth-order valence-electron chi connectivity index (χ4n) is 1.35. The van der Waals surface area contributed by atoms with Gasteiger partial charge in [-0.2, -0.15) is 0 Å². The normalized spacial score (nSPS) is 16.2. The van der Waals surface area contributed by atoms with Crippen LogP contribution in [-0.4, -0.2) is 17.1 Å². The van der Waals surface area contributed by atoms with E-state index in [9.17, 15) is 8.77 Å². The summed E-state index contributed by atoms with van der Waals surface area (Å²) >= 11 is 0. The third-order valence-electron chi connectivity index (χ3n) is 2.00. The van der Waals surface area contributed by atoms with E-state index in [2.05, 4.69) is 0 Å². The van der Waals surface area contributed by atoms with Crippen molar-refractivity contribution in [3.63, 3.8) is 0 Å². The van der Waals surface area contributed by atoms with E-state index in [0.29, 0.717) is 10.6 Å². The first-order valence-corrected chi connectivity index (χ1v) is 8.19. The lowest BCUT2D eigenvalue weighted by molar-refractivity contribution is 0.280. The van der Waals surface area contributed by atoms with Crippen molar-refractivity contribution in [3.8, 4) is 5.75 Å². The minimum Gasteiger partial charge on any atom is -0.413 e. The molecule has 0 spiro atoms. The van der Waals surface area contributed by atoms with E-state index in [1.165, 1.54) is 0 Å². The Bertz CT molecular complexity index is 477. The highest BCUT2D eigenvalue weighted by atomic mass is 32.2. The lowest BCUT2D eigenvalue weighted by atomic mass is 10.2. The van der Waals surface area contributed by atoms with Crippen molar-refractivity contribution in [3.05, 3.63) is 23.8 Å². The summed E-state index contributed by atoms with van der Waals surface area (Å²) in [4.78, 5) is 0.709. The van der Waals surface area contributed by atoms with Crippen molar-refractivity contribution in [2.75, 3.05) is 12.9 Å². The van der Waals surface area contributed by atoms with Crippen molar-refractivity contribution < 1.29 is 17.8 Å². The molecule has 0 saturated heterocycles. The number of rotatable bonds is 5. The Kier molecular flexibility index (Phi) is 4.89. The highest BCUT2D eigenvalue weighted by Gasteiger charge is 2.19. The fraction of sp³-hybridized carbons (Fsp3) is 0.400. The summed E-state index contributed by atoms with van der Waals surface area (Å²) in [5.41, 5.74) is 6.15. The van der Waals surface area contributed by atoms with Crippen LogP contribution in [0.2, 0.25) is 0 Å². The minimum atomic E-state index is -3.55. The number of nitrogens with two attached hydrogens (primary N) is 1. The van der Waals surface area contributed by atoms with E-state index >= 15 is 0 Å². The van der Waals surface area contributed by atoms with E-state index in [-0.39, 0.29) is 6.61 Å². The highest BCUT2D eigenvalue weighted by Crippen LogP contribution is 2.40. The van der Waals surface area contributed by atoms with Crippen LogP contribution in [0.5, 0.6) is 5.75 Å². The minimum absolute atomic E-state index is 0.212. The molecule has 0 aliphatic rings. The maximum absolute atomic E-state index is 11.6. The SMILES string of the molecule is CCOP(N)(=O)Oc1ccc(S(C)=O)c(C)c1. The first-order valence-electron chi connectivity index (χ1n) is 5.02. The molecule has 0 aromatic heterocycles. The van der Waals surface area contributed by atoms with Gasteiger partial charge >= 0.3 is 7.75 Å². The molecule has 96 valence electrons. The maximum Gasteiger partial charge on any atom is 0.456 e. The van der Waals surface area contributed by atoms with Crippen LogP contribution in [-0.2, 0) is 19.9 Å². The van der Waals surface area contributed by atoms with Gasteiger partial charge in [-0.05, 0) is 37.6 Å². The first-order chi connectivity index (χ1) is 7.85. The molecule has 17 heavy (non-hydrogen) atoms. The molecule has 2 N–H and O–H groups in total. The molecule has 0 fully saturated rings. The molecule has 0 radical (unpaired) electrons.